The molecule has 1 heterocycles. The Morgan fingerprint density at radius 1 is 1.35 bits per heavy atom. The maximum atomic E-state index is 12.6. The molecule has 0 unspecified atom stereocenters. The predicted octanol–water partition coefficient (Wildman–Crippen LogP) is 1.85. The normalized spacial score (nSPS) is 26.6. The van der Waals surface area contributed by atoms with Gasteiger partial charge in [0, 0.05) is 33.2 Å². The SMILES string of the molecule is COCC(=O)NC[C@@H]1C=C(C)[C@H](CC(=O)N2CCOCC2)C[C@H]1C(C)C. The largest absolute Gasteiger partial charge is 0.378 e. The molecule has 0 aromatic rings. The average molecular weight is 367 g/mol. The predicted molar refractivity (Wildman–Crippen MR) is 101 cm³/mol. The van der Waals surface area contributed by atoms with Gasteiger partial charge in [-0.1, -0.05) is 25.5 Å². The maximum Gasteiger partial charge on any atom is 0.246 e. The number of hydrogen-bond donors (Lipinski definition) is 1. The smallest absolute Gasteiger partial charge is 0.246 e. The van der Waals surface area contributed by atoms with Crippen molar-refractivity contribution in [1.29, 1.82) is 0 Å². The fourth-order valence-corrected chi connectivity index (χ4v) is 4.07. The molecule has 1 N–H and O–H groups in total. The second-order valence-electron chi connectivity index (χ2n) is 7.85. The highest BCUT2D eigenvalue weighted by atomic mass is 16.5. The zero-order chi connectivity index (χ0) is 19.1. The zero-order valence-corrected chi connectivity index (χ0v) is 16.6. The van der Waals surface area contributed by atoms with E-state index in [1.165, 1.54) is 12.7 Å². The summed E-state index contributed by atoms with van der Waals surface area (Å²) in [6.45, 7) is 10.00. The highest BCUT2D eigenvalue weighted by Gasteiger charge is 2.33. The molecule has 0 spiro atoms. The van der Waals surface area contributed by atoms with E-state index in [4.69, 9.17) is 9.47 Å². The first kappa shape index (κ1) is 20.9. The minimum atomic E-state index is -0.0781. The number of rotatable bonds is 7. The van der Waals surface area contributed by atoms with Crippen molar-refractivity contribution in [3.05, 3.63) is 11.6 Å². The van der Waals surface area contributed by atoms with Gasteiger partial charge in [0.2, 0.25) is 11.8 Å². The number of nitrogens with zero attached hydrogens (tertiary/aromatic N) is 1. The van der Waals surface area contributed by atoms with E-state index in [-0.39, 0.29) is 18.4 Å². The first-order valence-electron chi connectivity index (χ1n) is 9.71. The molecule has 0 aromatic carbocycles. The molecule has 6 nitrogen and oxygen atoms in total. The van der Waals surface area contributed by atoms with Crippen LogP contribution in [0.4, 0.5) is 0 Å². The second kappa shape index (κ2) is 10.1. The van der Waals surface area contributed by atoms with E-state index in [1.807, 2.05) is 4.90 Å². The van der Waals surface area contributed by atoms with Gasteiger partial charge in [-0.15, -0.1) is 0 Å². The summed E-state index contributed by atoms with van der Waals surface area (Å²) in [4.78, 5) is 26.3. The standard InChI is InChI=1S/C20H34N2O4/c1-14(2)18-10-16(11-20(24)22-5-7-26-8-6-22)15(3)9-17(18)12-21-19(23)13-25-4/h9,14,16-18H,5-8,10-13H2,1-4H3,(H,21,23)/t16-,17-,18-/m0/s1. The van der Waals surface area contributed by atoms with Gasteiger partial charge < -0.3 is 19.7 Å². The molecule has 148 valence electrons. The molecule has 6 heteroatoms. The summed E-state index contributed by atoms with van der Waals surface area (Å²) >= 11 is 0. The van der Waals surface area contributed by atoms with E-state index < -0.39 is 0 Å². The Balaban J connectivity index is 1.98. The first-order valence-corrected chi connectivity index (χ1v) is 9.71. The van der Waals surface area contributed by atoms with Gasteiger partial charge in [-0.2, -0.15) is 0 Å². The molecular formula is C20H34N2O4. The van der Waals surface area contributed by atoms with Gasteiger partial charge in [0.15, 0.2) is 0 Å². The summed E-state index contributed by atoms with van der Waals surface area (Å²) in [5.74, 6) is 1.73. The lowest BCUT2D eigenvalue weighted by molar-refractivity contribution is -0.136. The van der Waals surface area contributed by atoms with E-state index >= 15 is 0 Å². The number of methoxy groups -OCH3 is 1. The van der Waals surface area contributed by atoms with Crippen LogP contribution in [0.5, 0.6) is 0 Å². The van der Waals surface area contributed by atoms with Gasteiger partial charge in [-0.05, 0) is 37.0 Å². The Kier molecular flexibility index (Phi) is 8.10. The Morgan fingerprint density at radius 2 is 2.04 bits per heavy atom. The zero-order valence-electron chi connectivity index (χ0n) is 16.6. The number of carbonyl (C=O) groups is 2. The Bertz CT molecular complexity index is 512. The number of hydrogen-bond acceptors (Lipinski definition) is 4. The highest BCUT2D eigenvalue weighted by Crippen LogP contribution is 2.39. The van der Waals surface area contributed by atoms with Crippen molar-refractivity contribution in [3.63, 3.8) is 0 Å². The van der Waals surface area contributed by atoms with Crippen LogP contribution in [0.2, 0.25) is 0 Å². The lowest BCUT2D eigenvalue weighted by atomic mass is 9.69. The monoisotopic (exact) mass is 366 g/mol. The Labute approximate surface area is 157 Å². The van der Waals surface area contributed by atoms with E-state index in [1.54, 1.807) is 0 Å². The summed E-state index contributed by atoms with van der Waals surface area (Å²) in [6.07, 6.45) is 3.85. The van der Waals surface area contributed by atoms with Crippen LogP contribution in [0.15, 0.2) is 11.6 Å². The molecule has 0 radical (unpaired) electrons. The van der Waals surface area contributed by atoms with Crippen LogP contribution in [0.3, 0.4) is 0 Å². The molecule has 2 amide bonds. The number of amides is 2. The quantitative estimate of drug-likeness (QED) is 0.698. The van der Waals surface area contributed by atoms with Crippen LogP contribution < -0.4 is 5.32 Å². The minimum Gasteiger partial charge on any atom is -0.378 e. The molecule has 0 saturated carbocycles. The van der Waals surface area contributed by atoms with Crippen LogP contribution >= 0.6 is 0 Å². The van der Waals surface area contributed by atoms with Crippen LogP contribution in [0, 0.1) is 23.7 Å². The molecule has 1 aliphatic carbocycles. The van der Waals surface area contributed by atoms with Crippen molar-refractivity contribution in [3.8, 4) is 0 Å². The second-order valence-corrected chi connectivity index (χ2v) is 7.85. The van der Waals surface area contributed by atoms with Crippen molar-refractivity contribution >= 4 is 11.8 Å². The van der Waals surface area contributed by atoms with Gasteiger partial charge in [0.05, 0.1) is 13.2 Å². The summed E-state index contributed by atoms with van der Waals surface area (Å²) < 4.78 is 10.2. The van der Waals surface area contributed by atoms with Crippen LogP contribution in [-0.2, 0) is 19.1 Å². The topological polar surface area (TPSA) is 67.9 Å². The molecular weight excluding hydrogens is 332 g/mol. The molecule has 26 heavy (non-hydrogen) atoms. The van der Waals surface area contributed by atoms with Gasteiger partial charge >= 0.3 is 0 Å². The lowest BCUT2D eigenvalue weighted by Gasteiger charge is -2.38. The summed E-state index contributed by atoms with van der Waals surface area (Å²) in [6, 6.07) is 0. The van der Waals surface area contributed by atoms with Gasteiger partial charge in [0.1, 0.15) is 6.61 Å². The van der Waals surface area contributed by atoms with Crippen LogP contribution in [-0.4, -0.2) is 63.3 Å². The van der Waals surface area contributed by atoms with Crippen molar-refractivity contribution in [2.24, 2.45) is 23.7 Å². The summed E-state index contributed by atoms with van der Waals surface area (Å²) in [5, 5.41) is 2.97. The third-order valence-corrected chi connectivity index (χ3v) is 5.68. The van der Waals surface area contributed by atoms with E-state index in [9.17, 15) is 9.59 Å². The summed E-state index contributed by atoms with van der Waals surface area (Å²) in [7, 11) is 1.53. The number of carbonyl (C=O) groups excluding carboxylic acids is 2. The third kappa shape index (κ3) is 5.81. The van der Waals surface area contributed by atoms with Crippen molar-refractivity contribution in [2.75, 3.05) is 46.6 Å². The lowest BCUT2D eigenvalue weighted by Crippen LogP contribution is -2.42. The highest BCUT2D eigenvalue weighted by molar-refractivity contribution is 5.77. The average Bonchev–Trinajstić information content (AvgIpc) is 2.62. The van der Waals surface area contributed by atoms with Gasteiger partial charge in [-0.3, -0.25) is 9.59 Å². The number of ether oxygens (including phenoxy) is 2. The minimum absolute atomic E-state index is 0.0781. The van der Waals surface area contributed by atoms with Gasteiger partial charge in [0.25, 0.3) is 0 Å². The van der Waals surface area contributed by atoms with Crippen molar-refractivity contribution < 1.29 is 19.1 Å². The molecule has 1 aliphatic heterocycles. The summed E-state index contributed by atoms with van der Waals surface area (Å²) in [5.41, 5.74) is 1.27. The Hall–Kier alpha value is -1.40. The molecule has 2 aliphatic rings. The van der Waals surface area contributed by atoms with E-state index in [0.717, 1.165) is 6.42 Å². The first-order chi connectivity index (χ1) is 12.4. The van der Waals surface area contributed by atoms with Gasteiger partial charge in [-0.25, -0.2) is 0 Å². The van der Waals surface area contributed by atoms with Crippen LogP contribution in [0.1, 0.15) is 33.6 Å². The van der Waals surface area contributed by atoms with Crippen molar-refractivity contribution in [2.45, 2.75) is 33.6 Å². The fourth-order valence-electron chi connectivity index (χ4n) is 4.07. The van der Waals surface area contributed by atoms with Crippen molar-refractivity contribution in [1.82, 2.24) is 10.2 Å². The molecule has 3 atom stereocenters. The third-order valence-electron chi connectivity index (χ3n) is 5.68. The number of morpholine rings is 1. The molecule has 1 fully saturated rings. The fraction of sp³-hybridized carbons (Fsp3) is 0.800. The number of nitrogens with one attached hydrogen (secondary N) is 1. The molecule has 0 bridgehead atoms. The molecule has 0 aromatic heterocycles. The maximum absolute atomic E-state index is 12.6. The Morgan fingerprint density at radius 3 is 2.65 bits per heavy atom. The number of allylic oxidation sites excluding steroid dienone is 1. The van der Waals surface area contributed by atoms with E-state index in [0.29, 0.717) is 62.9 Å². The molecule has 2 rings (SSSR count). The van der Waals surface area contributed by atoms with E-state index in [2.05, 4.69) is 32.2 Å². The molecule has 1 saturated heterocycles. The van der Waals surface area contributed by atoms with Crippen LogP contribution in [0.25, 0.3) is 0 Å².